The van der Waals surface area contributed by atoms with Crippen LogP contribution in [0.25, 0.3) is 0 Å². The van der Waals surface area contributed by atoms with Gasteiger partial charge in [0, 0.05) is 17.8 Å². The van der Waals surface area contributed by atoms with E-state index in [0.29, 0.717) is 10.8 Å². The standard InChI is InChI=1S/C30H43N.2C2H6/c1-5-21-7-11-24(12-8-21)31-20-23-10-14-28-27-13-9-22-19-29(3,6-2)17-15-25(22)26(27)16-18-30(23,28)4;2*1-2/h1,7-8,11-12,22-23,25-28,31H,6,9-10,13-20H2,2-4H3;2*1-2H3/t22?,23?,25?,26?,27?,28?,29-,30?;;/m1../s1. The first kappa shape index (κ1) is 28.2. The SMILES string of the molecule is C#Cc1ccc(NCC2CCC3C4CCC5C[C@](C)(CC)CCC5C4CCC23C)cc1.CC.CC. The number of benzene rings is 1. The van der Waals surface area contributed by atoms with Gasteiger partial charge in [0.2, 0.25) is 0 Å². The van der Waals surface area contributed by atoms with Crippen molar-refractivity contribution in [3.63, 3.8) is 0 Å². The molecule has 0 radical (unpaired) electrons. The van der Waals surface area contributed by atoms with E-state index in [0.717, 1.165) is 47.6 Å². The minimum Gasteiger partial charge on any atom is -0.385 e. The molecule has 0 aromatic heterocycles. The molecule has 0 bridgehead atoms. The second kappa shape index (κ2) is 12.2. The largest absolute Gasteiger partial charge is 0.385 e. The molecule has 5 rings (SSSR count). The minimum absolute atomic E-state index is 0.548. The monoisotopic (exact) mass is 477 g/mol. The van der Waals surface area contributed by atoms with Crippen LogP contribution in [0, 0.1) is 58.7 Å². The lowest BCUT2D eigenvalue weighted by molar-refractivity contribution is -0.0770. The van der Waals surface area contributed by atoms with Crippen molar-refractivity contribution in [2.75, 3.05) is 11.9 Å². The van der Waals surface area contributed by atoms with Crippen LogP contribution >= 0.6 is 0 Å². The predicted molar refractivity (Wildman–Crippen MR) is 155 cm³/mol. The van der Waals surface area contributed by atoms with Crippen LogP contribution in [-0.4, -0.2) is 6.54 Å². The van der Waals surface area contributed by atoms with Crippen molar-refractivity contribution < 1.29 is 0 Å². The van der Waals surface area contributed by atoms with E-state index in [4.69, 9.17) is 6.42 Å². The van der Waals surface area contributed by atoms with Crippen molar-refractivity contribution >= 4 is 5.69 Å². The van der Waals surface area contributed by atoms with E-state index in [9.17, 15) is 0 Å². The van der Waals surface area contributed by atoms with Gasteiger partial charge >= 0.3 is 0 Å². The fourth-order valence-electron chi connectivity index (χ4n) is 8.88. The van der Waals surface area contributed by atoms with Crippen molar-refractivity contribution in [3.05, 3.63) is 29.8 Å². The first-order valence-electron chi connectivity index (χ1n) is 15.3. The van der Waals surface area contributed by atoms with E-state index >= 15 is 0 Å². The number of nitrogens with one attached hydrogen (secondary N) is 1. The summed E-state index contributed by atoms with van der Waals surface area (Å²) in [5, 5.41) is 3.76. The molecular formula is C34H55N. The van der Waals surface area contributed by atoms with Crippen LogP contribution in [0.5, 0.6) is 0 Å². The third-order valence-corrected chi connectivity index (χ3v) is 11.0. The maximum atomic E-state index is 5.51. The van der Waals surface area contributed by atoms with Crippen LogP contribution in [0.1, 0.15) is 118 Å². The topological polar surface area (TPSA) is 12.0 Å². The van der Waals surface area contributed by atoms with Gasteiger partial charge in [-0.15, -0.1) is 6.42 Å². The normalized spacial score (nSPS) is 39.3. The molecule has 1 nitrogen and oxygen atoms in total. The molecule has 7 unspecified atom stereocenters. The van der Waals surface area contributed by atoms with Gasteiger partial charge in [0.15, 0.2) is 0 Å². The molecule has 0 saturated heterocycles. The van der Waals surface area contributed by atoms with Crippen LogP contribution in [0.3, 0.4) is 0 Å². The van der Waals surface area contributed by atoms with Gasteiger partial charge < -0.3 is 5.32 Å². The molecule has 1 aromatic rings. The zero-order chi connectivity index (χ0) is 25.6. The summed E-state index contributed by atoms with van der Waals surface area (Å²) in [6.45, 7) is 16.8. The van der Waals surface area contributed by atoms with Crippen molar-refractivity contribution in [3.8, 4) is 12.3 Å². The smallest absolute Gasteiger partial charge is 0.0341 e. The summed E-state index contributed by atoms with van der Waals surface area (Å²) in [7, 11) is 0. The number of rotatable bonds is 4. The molecule has 0 aliphatic heterocycles. The first-order valence-corrected chi connectivity index (χ1v) is 15.3. The Morgan fingerprint density at radius 1 is 0.857 bits per heavy atom. The first-order chi connectivity index (χ1) is 17.0. The van der Waals surface area contributed by atoms with Crippen molar-refractivity contribution in [2.24, 2.45) is 46.3 Å². The van der Waals surface area contributed by atoms with Crippen LogP contribution in [-0.2, 0) is 0 Å². The summed E-state index contributed by atoms with van der Waals surface area (Å²) in [6.07, 6.45) is 20.3. The van der Waals surface area contributed by atoms with Gasteiger partial charge in [-0.05, 0) is 128 Å². The number of hydrogen-bond donors (Lipinski definition) is 1. The van der Waals surface area contributed by atoms with Gasteiger partial charge in [-0.2, -0.15) is 0 Å². The quantitative estimate of drug-likeness (QED) is 0.425. The van der Waals surface area contributed by atoms with Crippen molar-refractivity contribution in [1.82, 2.24) is 0 Å². The zero-order valence-corrected chi connectivity index (χ0v) is 24.1. The molecule has 1 N–H and O–H groups in total. The highest BCUT2D eigenvalue weighted by molar-refractivity contribution is 5.48. The average Bonchev–Trinajstić information content (AvgIpc) is 3.26. The minimum atomic E-state index is 0.548. The Morgan fingerprint density at radius 2 is 1.54 bits per heavy atom. The number of fused-ring (bicyclic) bond motifs is 5. The van der Waals surface area contributed by atoms with Crippen LogP contribution in [0.2, 0.25) is 0 Å². The molecule has 4 aliphatic carbocycles. The van der Waals surface area contributed by atoms with Gasteiger partial charge in [-0.3, -0.25) is 0 Å². The average molecular weight is 478 g/mol. The Kier molecular flexibility index (Phi) is 9.82. The molecule has 0 spiro atoms. The molecule has 0 heterocycles. The van der Waals surface area contributed by atoms with Gasteiger partial charge in [0.25, 0.3) is 0 Å². The second-order valence-electron chi connectivity index (χ2n) is 12.3. The molecule has 8 atom stereocenters. The summed E-state index contributed by atoms with van der Waals surface area (Å²) < 4.78 is 0. The molecular weight excluding hydrogens is 422 g/mol. The van der Waals surface area contributed by atoms with E-state index < -0.39 is 0 Å². The van der Waals surface area contributed by atoms with E-state index in [1.54, 1.807) is 0 Å². The summed E-state index contributed by atoms with van der Waals surface area (Å²) in [6, 6.07) is 8.41. The second-order valence-corrected chi connectivity index (χ2v) is 12.3. The molecule has 196 valence electrons. The Bertz CT molecular complexity index is 818. The number of terminal acetylenes is 1. The third kappa shape index (κ3) is 5.63. The fraction of sp³-hybridized carbons (Fsp3) is 0.765. The summed E-state index contributed by atoms with van der Waals surface area (Å²) in [5.74, 6) is 8.66. The molecule has 0 amide bonds. The summed E-state index contributed by atoms with van der Waals surface area (Å²) in [4.78, 5) is 0. The molecule has 1 heteroatoms. The van der Waals surface area contributed by atoms with Gasteiger partial charge in [0.1, 0.15) is 0 Å². The van der Waals surface area contributed by atoms with Crippen LogP contribution < -0.4 is 5.32 Å². The Balaban J connectivity index is 0.000000815. The van der Waals surface area contributed by atoms with E-state index in [-0.39, 0.29) is 0 Å². The summed E-state index contributed by atoms with van der Waals surface area (Å²) >= 11 is 0. The Morgan fingerprint density at radius 3 is 2.20 bits per heavy atom. The van der Waals surface area contributed by atoms with E-state index in [2.05, 4.69) is 56.3 Å². The molecule has 35 heavy (non-hydrogen) atoms. The molecule has 1 aromatic carbocycles. The number of anilines is 1. The zero-order valence-electron chi connectivity index (χ0n) is 24.1. The van der Waals surface area contributed by atoms with Gasteiger partial charge in [-0.25, -0.2) is 0 Å². The summed E-state index contributed by atoms with van der Waals surface area (Å²) in [5.41, 5.74) is 3.38. The lowest BCUT2D eigenvalue weighted by atomic mass is 9.48. The Hall–Kier alpha value is -1.42. The number of hydrogen-bond acceptors (Lipinski definition) is 1. The highest BCUT2D eigenvalue weighted by Gasteiger charge is 2.57. The molecule has 4 saturated carbocycles. The lowest BCUT2D eigenvalue weighted by Crippen LogP contribution is -2.50. The van der Waals surface area contributed by atoms with Crippen molar-refractivity contribution in [2.45, 2.75) is 113 Å². The predicted octanol–water partition coefficient (Wildman–Crippen LogP) is 9.82. The fourth-order valence-corrected chi connectivity index (χ4v) is 8.88. The molecule has 4 aliphatic rings. The lowest BCUT2D eigenvalue weighted by Gasteiger charge is -2.57. The van der Waals surface area contributed by atoms with Crippen molar-refractivity contribution in [1.29, 1.82) is 0 Å². The maximum Gasteiger partial charge on any atom is 0.0341 e. The molecule has 4 fully saturated rings. The maximum absolute atomic E-state index is 5.51. The third-order valence-electron chi connectivity index (χ3n) is 11.0. The highest BCUT2D eigenvalue weighted by Crippen LogP contribution is 2.65. The Labute approximate surface area is 218 Å². The van der Waals surface area contributed by atoms with E-state index in [1.165, 1.54) is 69.9 Å². The van der Waals surface area contributed by atoms with Crippen LogP contribution in [0.4, 0.5) is 5.69 Å². The van der Waals surface area contributed by atoms with Gasteiger partial charge in [0.05, 0.1) is 0 Å². The van der Waals surface area contributed by atoms with Crippen LogP contribution in [0.15, 0.2) is 24.3 Å². The van der Waals surface area contributed by atoms with Gasteiger partial charge in [-0.1, -0.05) is 60.8 Å². The van der Waals surface area contributed by atoms with E-state index in [1.807, 2.05) is 27.7 Å². The highest BCUT2D eigenvalue weighted by atomic mass is 14.9.